The first-order valence-electron chi connectivity index (χ1n) is 48.9. The lowest BCUT2D eigenvalue weighted by molar-refractivity contribution is 0.583. The Kier molecular flexibility index (Phi) is 19.8. The van der Waals surface area contributed by atoms with Gasteiger partial charge in [0.15, 0.2) is 11.2 Å². The van der Waals surface area contributed by atoms with Crippen LogP contribution >= 0.6 is 0 Å². The van der Waals surface area contributed by atoms with E-state index in [1.54, 1.807) is 24.3 Å². The molecular weight excluding hydrogens is 1770 g/mol. The van der Waals surface area contributed by atoms with Gasteiger partial charge in [0, 0.05) is 55.4 Å². The Labute approximate surface area is 833 Å². The van der Waals surface area contributed by atoms with E-state index in [1.807, 2.05) is 119 Å². The topological polar surface area (TPSA) is 32.8 Å². The summed E-state index contributed by atoms with van der Waals surface area (Å²) >= 11 is 0. The number of aryl methyl sites for hydroxylation is 4. The molecular formula is C136H92F4N2O2. The maximum absolute atomic E-state index is 18.9. The summed E-state index contributed by atoms with van der Waals surface area (Å²) < 4.78 is 83.9. The Morgan fingerprint density at radius 1 is 0.222 bits per heavy atom. The molecule has 8 heteroatoms. The van der Waals surface area contributed by atoms with Crippen LogP contribution in [0.15, 0.2) is 448 Å². The number of hydrogen-bond donors (Lipinski definition) is 0. The van der Waals surface area contributed by atoms with Crippen LogP contribution in [0.2, 0.25) is 0 Å². The van der Waals surface area contributed by atoms with Crippen LogP contribution in [0.25, 0.3) is 124 Å². The second kappa shape index (κ2) is 33.0. The number of para-hydroxylation sites is 3. The van der Waals surface area contributed by atoms with Crippen LogP contribution in [-0.4, -0.2) is 0 Å². The van der Waals surface area contributed by atoms with Gasteiger partial charge >= 0.3 is 0 Å². The first kappa shape index (κ1) is 86.6. The minimum absolute atomic E-state index is 0.292. The van der Waals surface area contributed by atoms with Crippen molar-refractivity contribution in [1.82, 2.24) is 0 Å². The minimum Gasteiger partial charge on any atom is -0.454 e. The summed E-state index contributed by atoms with van der Waals surface area (Å²) in [5.41, 5.74) is 33.3. The molecule has 686 valence electrons. The molecule has 4 unspecified atom stereocenters. The van der Waals surface area contributed by atoms with Crippen molar-refractivity contribution in [3.63, 3.8) is 0 Å². The van der Waals surface area contributed by atoms with Crippen molar-refractivity contribution in [2.45, 2.75) is 49.4 Å². The van der Waals surface area contributed by atoms with Crippen LogP contribution in [0.1, 0.15) is 134 Å². The van der Waals surface area contributed by atoms with Gasteiger partial charge in [-0.05, 0) is 315 Å². The molecule has 0 saturated carbocycles. The third-order valence-electron chi connectivity index (χ3n) is 31.5. The molecule has 0 radical (unpaired) electrons. The van der Waals surface area contributed by atoms with E-state index < -0.39 is 21.7 Å². The number of furan rings is 2. The van der Waals surface area contributed by atoms with Gasteiger partial charge in [0.2, 0.25) is 0 Å². The molecule has 0 saturated heterocycles. The Balaban J connectivity index is 0.683. The zero-order chi connectivity index (χ0) is 97.5. The Morgan fingerprint density at radius 3 is 0.938 bits per heavy atom. The van der Waals surface area contributed by atoms with Gasteiger partial charge in [-0.2, -0.15) is 0 Å². The van der Waals surface area contributed by atoms with Crippen molar-refractivity contribution in [2.75, 3.05) is 9.80 Å². The average Bonchev–Trinajstić information content (AvgIpc) is 1.53. The van der Waals surface area contributed by atoms with E-state index in [0.717, 1.165) is 228 Å². The lowest BCUT2D eigenvalue weighted by Gasteiger charge is -2.36. The fourth-order valence-corrected chi connectivity index (χ4v) is 24.9. The summed E-state index contributed by atoms with van der Waals surface area (Å²) in [6.45, 7) is 24.3. The average molecular weight is 1860 g/mol. The fourth-order valence-electron chi connectivity index (χ4n) is 24.9. The molecule has 26 rings (SSSR count). The van der Waals surface area contributed by atoms with Crippen molar-refractivity contribution in [3.05, 3.63) is 596 Å². The van der Waals surface area contributed by atoms with Crippen LogP contribution in [0.4, 0.5) is 51.7 Å². The van der Waals surface area contributed by atoms with Gasteiger partial charge in [0.1, 0.15) is 34.4 Å². The van der Waals surface area contributed by atoms with Gasteiger partial charge in [-0.25, -0.2) is 17.6 Å². The van der Waals surface area contributed by atoms with Crippen molar-refractivity contribution >= 4 is 102 Å². The highest BCUT2D eigenvalue weighted by Gasteiger charge is 2.53. The molecule has 2 heterocycles. The number of anilines is 6. The molecule has 4 aliphatic rings. The molecule has 20 aromatic carbocycles. The zero-order valence-corrected chi connectivity index (χ0v) is 79.6. The summed E-state index contributed by atoms with van der Waals surface area (Å²) in [6, 6.07) is 143. The van der Waals surface area contributed by atoms with E-state index in [0.29, 0.717) is 39.0 Å². The van der Waals surface area contributed by atoms with E-state index in [4.69, 9.17) is 8.83 Å². The quantitative estimate of drug-likeness (QED) is 0.0756. The largest absolute Gasteiger partial charge is 0.454 e. The molecule has 4 nitrogen and oxygen atoms in total. The summed E-state index contributed by atoms with van der Waals surface area (Å²) in [4.78, 5) is 4.61. The van der Waals surface area contributed by atoms with Gasteiger partial charge in [-0.15, -0.1) is 0 Å². The third kappa shape index (κ3) is 12.5. The van der Waals surface area contributed by atoms with E-state index in [-0.39, 0.29) is 23.3 Å². The molecule has 0 fully saturated rings. The fraction of sp³-hybridized carbons (Fsp3) is 0.0588. The normalized spacial score (nSPS) is 16.4. The second-order valence-corrected chi connectivity index (χ2v) is 38.9. The molecule has 0 bridgehead atoms. The van der Waals surface area contributed by atoms with E-state index in [2.05, 4.69) is 358 Å². The van der Waals surface area contributed by atoms with Crippen molar-refractivity contribution in [1.29, 1.82) is 0 Å². The van der Waals surface area contributed by atoms with Crippen LogP contribution in [0.5, 0.6) is 0 Å². The lowest BCUT2D eigenvalue weighted by atomic mass is 9.67. The maximum Gasteiger partial charge on any atom is 0.159 e. The molecule has 4 aliphatic carbocycles. The SMILES string of the molecule is C=Cc1ccc(C2(c3ccc(F)c(C)c3)c3ccccc3-c3ccc(N(c4ccc5c(c4)C(c4ccc(C=C)cc4)(c4ccc(F)c(C)c4)c4ccccc4-5)c4cccc5c4oc4cc(-c6ccc7c(c6)C(c6ccc(C=C)cc6)(c6ccc(C)cc6F)c6cc(N(c8ccc9c(c8)C(c8ccc(C=C)cc8)(c8ccc(C)cc8F)c8ccccc8-9)c8cccc9c8oc8ccccc89)ccc6-7)ccc45)cc32)cc1. The van der Waals surface area contributed by atoms with E-state index in [9.17, 15) is 0 Å². The van der Waals surface area contributed by atoms with Crippen LogP contribution in [-0.2, 0) is 21.7 Å². The lowest BCUT2D eigenvalue weighted by Crippen LogP contribution is -2.30. The summed E-state index contributed by atoms with van der Waals surface area (Å²) in [7, 11) is 0. The molecule has 0 amide bonds. The molecule has 0 N–H and O–H groups in total. The number of benzene rings is 20. The molecule has 22 aromatic rings. The summed E-state index contributed by atoms with van der Waals surface area (Å²) in [5, 5.41) is 3.65. The van der Waals surface area contributed by atoms with Gasteiger partial charge in [-0.1, -0.05) is 354 Å². The zero-order valence-electron chi connectivity index (χ0n) is 79.6. The smallest absolute Gasteiger partial charge is 0.159 e. The molecule has 0 spiro atoms. The number of rotatable bonds is 19. The Morgan fingerprint density at radius 2 is 0.535 bits per heavy atom. The monoisotopic (exact) mass is 1860 g/mol. The highest BCUT2D eigenvalue weighted by Crippen LogP contribution is 2.65. The number of hydrogen-bond acceptors (Lipinski definition) is 4. The molecule has 144 heavy (non-hydrogen) atoms. The number of halogens is 4. The van der Waals surface area contributed by atoms with Gasteiger partial charge in [0.05, 0.1) is 33.0 Å². The van der Waals surface area contributed by atoms with Gasteiger partial charge in [-0.3, -0.25) is 0 Å². The number of fused-ring (bicyclic) bond motifs is 18. The Hall–Kier alpha value is -17.7. The van der Waals surface area contributed by atoms with Crippen molar-refractivity contribution < 1.29 is 26.4 Å². The molecule has 2 aromatic heterocycles. The van der Waals surface area contributed by atoms with Gasteiger partial charge in [0.25, 0.3) is 0 Å². The van der Waals surface area contributed by atoms with E-state index in [1.165, 1.54) is 0 Å². The second-order valence-electron chi connectivity index (χ2n) is 38.9. The maximum atomic E-state index is 18.9. The highest BCUT2D eigenvalue weighted by molar-refractivity contribution is 6.13. The standard InChI is InChI=1S/C136H92F4N2O2/c1-9-85-37-47-91(48-38-85)133(95-55-69-123(137)83(7)73-95)113-29-17-13-23-101(113)105-63-57-97(77-119(105)133)141(98-58-64-106-102-24-14-18-30-114(102)134(120(106)78-98,92-49-39-86(10-2)40-50-92)96-56-70-124(138)84(8)74-96)128-33-22-28-112-110-62-46-90(76-130(110)144-132(112)128)89-45-61-104-108-66-60-100(80-122(108)136(118(104)75-89,94-53-43-88(12-4)44-54-94)117-68-36-82(6)72-126(117)140)142(127-32-21-27-111-109-26-16-20-34-129(109)143-131(111)127)99-59-65-107-103-25-15-19-31-115(103)135(121(107)79-99,93-51-41-87(11-3)42-52-93)116-67-35-81(5)71-125(116)139/h9-80H,1-4H2,5-8H3. The summed E-state index contributed by atoms with van der Waals surface area (Å²) in [6.07, 6.45) is 7.39. The predicted molar refractivity (Wildman–Crippen MR) is 584 cm³/mol. The van der Waals surface area contributed by atoms with Crippen molar-refractivity contribution in [3.8, 4) is 55.6 Å². The van der Waals surface area contributed by atoms with Crippen LogP contribution in [0, 0.1) is 51.0 Å². The highest BCUT2D eigenvalue weighted by atomic mass is 19.1. The number of nitrogens with zero attached hydrogens (tertiary/aromatic N) is 2. The molecule has 0 aliphatic heterocycles. The minimum atomic E-state index is -1.36. The first-order valence-corrected chi connectivity index (χ1v) is 48.9. The van der Waals surface area contributed by atoms with Crippen LogP contribution in [0.3, 0.4) is 0 Å². The van der Waals surface area contributed by atoms with Crippen LogP contribution < -0.4 is 9.80 Å². The van der Waals surface area contributed by atoms with Gasteiger partial charge < -0.3 is 18.6 Å². The summed E-state index contributed by atoms with van der Waals surface area (Å²) in [5.74, 6) is -1.27. The predicted octanol–water partition coefficient (Wildman–Crippen LogP) is 35.9. The van der Waals surface area contributed by atoms with Crippen molar-refractivity contribution in [2.24, 2.45) is 0 Å². The third-order valence-corrected chi connectivity index (χ3v) is 31.5. The van der Waals surface area contributed by atoms with E-state index >= 15 is 17.6 Å². The molecule has 4 atom stereocenters. The first-order chi connectivity index (χ1) is 70.4. The Bertz CT molecular complexity index is 9030.